The third-order valence-electron chi connectivity index (χ3n) is 4.26. The maximum Gasteiger partial charge on any atom is 0.157 e. The number of para-hydroxylation sites is 1. The van der Waals surface area contributed by atoms with Gasteiger partial charge in [-0.15, -0.1) is 0 Å². The zero-order chi connectivity index (χ0) is 15.6. The minimum atomic E-state index is 0.191. The number of nitrogens with zero attached hydrogens (tertiary/aromatic N) is 2. The summed E-state index contributed by atoms with van der Waals surface area (Å²) < 4.78 is 0. The van der Waals surface area contributed by atoms with Gasteiger partial charge in [-0.2, -0.15) is 5.10 Å². The van der Waals surface area contributed by atoms with E-state index in [0.717, 1.165) is 12.3 Å². The SMILES string of the molecule is CC1=C[C@@H](Cc2ccccc2)NN=C2C=Cc3ccccc3N12. The predicted molar refractivity (Wildman–Crippen MR) is 96.2 cm³/mol. The van der Waals surface area contributed by atoms with E-state index < -0.39 is 0 Å². The molecule has 2 heterocycles. The van der Waals surface area contributed by atoms with Crippen molar-refractivity contribution in [3.63, 3.8) is 0 Å². The molecule has 2 aromatic rings. The first kappa shape index (κ1) is 13.8. The van der Waals surface area contributed by atoms with Crippen LogP contribution in [-0.4, -0.2) is 11.9 Å². The van der Waals surface area contributed by atoms with Crippen LogP contribution in [0.15, 0.2) is 77.5 Å². The third kappa shape index (κ3) is 2.66. The minimum Gasteiger partial charge on any atom is -0.301 e. The molecule has 0 bridgehead atoms. The fourth-order valence-corrected chi connectivity index (χ4v) is 3.18. The van der Waals surface area contributed by atoms with Crippen molar-refractivity contribution in [2.24, 2.45) is 5.10 Å². The fourth-order valence-electron chi connectivity index (χ4n) is 3.18. The van der Waals surface area contributed by atoms with Gasteiger partial charge >= 0.3 is 0 Å². The van der Waals surface area contributed by atoms with Gasteiger partial charge in [0.15, 0.2) is 5.84 Å². The molecular weight excluding hydrogens is 282 g/mol. The molecule has 0 fully saturated rings. The van der Waals surface area contributed by atoms with Crippen molar-refractivity contribution in [3.05, 3.63) is 83.6 Å². The molecule has 114 valence electrons. The van der Waals surface area contributed by atoms with Crippen LogP contribution >= 0.6 is 0 Å². The van der Waals surface area contributed by atoms with Crippen molar-refractivity contribution in [1.82, 2.24) is 5.43 Å². The Hall–Kier alpha value is -2.81. The molecule has 0 saturated heterocycles. The van der Waals surface area contributed by atoms with Crippen LogP contribution in [0.2, 0.25) is 0 Å². The van der Waals surface area contributed by atoms with Gasteiger partial charge in [-0.1, -0.05) is 48.5 Å². The lowest BCUT2D eigenvalue weighted by atomic mass is 10.0. The minimum absolute atomic E-state index is 0.191. The average molecular weight is 301 g/mol. The number of amidine groups is 1. The Bertz CT molecular complexity index is 803. The molecule has 1 N–H and O–H groups in total. The second-order valence-corrected chi connectivity index (χ2v) is 5.93. The number of fused-ring (bicyclic) bond motifs is 3. The van der Waals surface area contributed by atoms with Crippen LogP contribution in [0.25, 0.3) is 6.08 Å². The number of benzene rings is 2. The predicted octanol–water partition coefficient (Wildman–Crippen LogP) is 3.95. The first-order chi connectivity index (χ1) is 11.3. The van der Waals surface area contributed by atoms with Gasteiger partial charge in [-0.05, 0) is 48.8 Å². The number of allylic oxidation sites excluding steroid dienone is 1. The Balaban J connectivity index is 1.67. The van der Waals surface area contributed by atoms with Crippen LogP contribution < -0.4 is 10.3 Å². The highest BCUT2D eigenvalue weighted by Crippen LogP contribution is 2.30. The molecule has 3 nitrogen and oxygen atoms in total. The van der Waals surface area contributed by atoms with E-state index in [0.29, 0.717) is 0 Å². The molecule has 4 rings (SSSR count). The molecule has 0 radical (unpaired) electrons. The largest absolute Gasteiger partial charge is 0.301 e. The van der Waals surface area contributed by atoms with Gasteiger partial charge in [-0.3, -0.25) is 4.90 Å². The van der Waals surface area contributed by atoms with Crippen molar-refractivity contribution in [2.75, 3.05) is 4.90 Å². The van der Waals surface area contributed by atoms with Crippen LogP contribution in [0.4, 0.5) is 5.69 Å². The van der Waals surface area contributed by atoms with Crippen molar-refractivity contribution >= 4 is 17.6 Å². The maximum atomic E-state index is 4.63. The normalized spacial score (nSPS) is 19.0. The molecule has 0 saturated carbocycles. The van der Waals surface area contributed by atoms with E-state index in [2.05, 4.69) is 89.1 Å². The number of anilines is 1. The van der Waals surface area contributed by atoms with Gasteiger partial charge in [0.25, 0.3) is 0 Å². The third-order valence-corrected chi connectivity index (χ3v) is 4.26. The molecule has 0 unspecified atom stereocenters. The number of hydrogen-bond donors (Lipinski definition) is 1. The summed E-state index contributed by atoms with van der Waals surface area (Å²) in [5, 5.41) is 4.63. The van der Waals surface area contributed by atoms with Crippen molar-refractivity contribution in [2.45, 2.75) is 19.4 Å². The zero-order valence-electron chi connectivity index (χ0n) is 13.1. The summed E-state index contributed by atoms with van der Waals surface area (Å²) in [6, 6.07) is 19.1. The summed E-state index contributed by atoms with van der Waals surface area (Å²) in [6.07, 6.45) is 7.38. The first-order valence-electron chi connectivity index (χ1n) is 7.94. The summed E-state index contributed by atoms with van der Waals surface area (Å²) >= 11 is 0. The highest BCUT2D eigenvalue weighted by atomic mass is 15.4. The highest BCUT2D eigenvalue weighted by Gasteiger charge is 2.23. The molecule has 1 atom stereocenters. The van der Waals surface area contributed by atoms with Gasteiger partial charge in [0.05, 0.1) is 11.7 Å². The Morgan fingerprint density at radius 3 is 2.65 bits per heavy atom. The van der Waals surface area contributed by atoms with E-state index in [9.17, 15) is 0 Å². The lowest BCUT2D eigenvalue weighted by Gasteiger charge is -2.28. The average Bonchev–Trinajstić information content (AvgIpc) is 2.75. The van der Waals surface area contributed by atoms with E-state index in [1.165, 1.54) is 22.5 Å². The summed E-state index contributed by atoms with van der Waals surface area (Å²) in [5.41, 5.74) is 8.23. The van der Waals surface area contributed by atoms with E-state index in [4.69, 9.17) is 0 Å². The molecule has 0 aromatic heterocycles. The second kappa shape index (κ2) is 5.76. The maximum absolute atomic E-state index is 4.63. The van der Waals surface area contributed by atoms with Gasteiger partial charge in [0, 0.05) is 5.70 Å². The number of rotatable bonds is 2. The number of nitrogens with one attached hydrogen (secondary N) is 1. The Morgan fingerprint density at radius 2 is 1.78 bits per heavy atom. The van der Waals surface area contributed by atoms with Gasteiger partial charge in [-0.25, -0.2) is 0 Å². The Kier molecular flexibility index (Phi) is 3.46. The summed E-state index contributed by atoms with van der Waals surface area (Å²) in [4.78, 5) is 2.22. The smallest absolute Gasteiger partial charge is 0.157 e. The molecule has 2 aromatic carbocycles. The number of hydrogen-bond acceptors (Lipinski definition) is 3. The Labute approximate surface area is 136 Å². The monoisotopic (exact) mass is 301 g/mol. The second-order valence-electron chi connectivity index (χ2n) is 5.93. The Morgan fingerprint density at radius 1 is 1.00 bits per heavy atom. The molecular formula is C20H19N3. The lowest BCUT2D eigenvalue weighted by Crippen LogP contribution is -2.30. The molecule has 3 heteroatoms. The quantitative estimate of drug-likeness (QED) is 0.909. The van der Waals surface area contributed by atoms with Crippen LogP contribution in [0.3, 0.4) is 0 Å². The van der Waals surface area contributed by atoms with E-state index >= 15 is 0 Å². The summed E-state index contributed by atoms with van der Waals surface area (Å²) in [6.45, 7) is 2.15. The molecule has 0 aliphatic carbocycles. The molecule has 0 spiro atoms. The van der Waals surface area contributed by atoms with E-state index in [1.807, 2.05) is 6.07 Å². The lowest BCUT2D eigenvalue weighted by molar-refractivity contribution is 0.621. The van der Waals surface area contributed by atoms with E-state index in [-0.39, 0.29) is 6.04 Å². The molecule has 2 aliphatic rings. The topological polar surface area (TPSA) is 27.6 Å². The van der Waals surface area contributed by atoms with Crippen LogP contribution in [0.1, 0.15) is 18.1 Å². The van der Waals surface area contributed by atoms with Crippen molar-refractivity contribution < 1.29 is 0 Å². The first-order valence-corrected chi connectivity index (χ1v) is 7.94. The number of hydrazone groups is 1. The summed E-state index contributed by atoms with van der Waals surface area (Å²) in [7, 11) is 0. The molecule has 23 heavy (non-hydrogen) atoms. The highest BCUT2D eigenvalue weighted by molar-refractivity contribution is 6.13. The zero-order valence-corrected chi connectivity index (χ0v) is 13.1. The van der Waals surface area contributed by atoms with Gasteiger partial charge in [0.2, 0.25) is 0 Å². The standard InChI is InChI=1S/C20H19N3/c1-15-13-18(14-16-7-3-2-4-8-16)21-22-20-12-11-17-9-5-6-10-19(17)23(15)20/h2-13,18,21H,14H2,1H3/t18-/m0/s1. The van der Waals surface area contributed by atoms with Gasteiger partial charge < -0.3 is 5.43 Å². The van der Waals surface area contributed by atoms with Crippen molar-refractivity contribution in [1.29, 1.82) is 0 Å². The van der Waals surface area contributed by atoms with Crippen molar-refractivity contribution in [3.8, 4) is 0 Å². The van der Waals surface area contributed by atoms with Crippen LogP contribution in [-0.2, 0) is 6.42 Å². The van der Waals surface area contributed by atoms with E-state index in [1.54, 1.807) is 0 Å². The fraction of sp³-hybridized carbons (Fsp3) is 0.150. The summed E-state index contributed by atoms with van der Waals surface area (Å²) in [5.74, 6) is 0.938. The van der Waals surface area contributed by atoms with Gasteiger partial charge in [0.1, 0.15) is 0 Å². The molecule has 0 amide bonds. The van der Waals surface area contributed by atoms with Crippen LogP contribution in [0, 0.1) is 0 Å². The molecule has 2 aliphatic heterocycles. The van der Waals surface area contributed by atoms with Crippen LogP contribution in [0.5, 0.6) is 0 Å².